The van der Waals surface area contributed by atoms with Gasteiger partial charge in [0, 0.05) is 24.1 Å². The van der Waals surface area contributed by atoms with Crippen molar-refractivity contribution in [1.82, 2.24) is 10.4 Å². The lowest BCUT2D eigenvalue weighted by Crippen LogP contribution is -2.55. The third-order valence-corrected chi connectivity index (χ3v) is 4.50. The van der Waals surface area contributed by atoms with Gasteiger partial charge in [-0.2, -0.15) is 0 Å². The van der Waals surface area contributed by atoms with Crippen molar-refractivity contribution in [2.75, 3.05) is 6.61 Å². The molecule has 0 saturated heterocycles. The van der Waals surface area contributed by atoms with Crippen molar-refractivity contribution in [2.45, 2.75) is 58.6 Å². The van der Waals surface area contributed by atoms with E-state index in [9.17, 15) is 0 Å². The molecule has 0 radical (unpaired) electrons. The van der Waals surface area contributed by atoms with E-state index in [4.69, 9.17) is 10.6 Å². The second-order valence-corrected chi connectivity index (χ2v) is 5.45. The molecular weight excluding hydrogens is 246 g/mol. The molecule has 0 bridgehead atoms. The van der Waals surface area contributed by atoms with E-state index in [-0.39, 0.29) is 11.6 Å². The minimum absolute atomic E-state index is 0.0954. The Balaban J connectivity index is 2.84. The van der Waals surface area contributed by atoms with E-state index in [1.807, 2.05) is 13.8 Å². The molecule has 0 saturated carbocycles. The molecule has 1 aromatic heterocycles. The first kappa shape index (κ1) is 15.6. The van der Waals surface area contributed by atoms with Crippen LogP contribution >= 0.6 is 11.3 Å². The summed E-state index contributed by atoms with van der Waals surface area (Å²) < 4.78 is 5.99. The lowest BCUT2D eigenvalue weighted by atomic mass is 9.86. The third kappa shape index (κ3) is 3.51. The van der Waals surface area contributed by atoms with Gasteiger partial charge < -0.3 is 4.74 Å². The van der Waals surface area contributed by atoms with E-state index in [0.29, 0.717) is 6.61 Å². The largest absolute Gasteiger partial charge is 0.374 e. The highest BCUT2D eigenvalue weighted by Gasteiger charge is 2.36. The van der Waals surface area contributed by atoms with Crippen LogP contribution in [0.1, 0.15) is 44.3 Å². The summed E-state index contributed by atoms with van der Waals surface area (Å²) in [6.07, 6.45) is 2.70. The van der Waals surface area contributed by atoms with Crippen LogP contribution in [0, 0.1) is 6.92 Å². The van der Waals surface area contributed by atoms with Crippen molar-refractivity contribution < 1.29 is 4.74 Å². The number of hydrogen-bond donors (Lipinski definition) is 2. The van der Waals surface area contributed by atoms with E-state index < -0.39 is 0 Å². The number of nitrogens with two attached hydrogens (primary N) is 1. The minimum atomic E-state index is -0.205. The lowest BCUT2D eigenvalue weighted by Gasteiger charge is -2.38. The molecule has 1 heterocycles. The summed E-state index contributed by atoms with van der Waals surface area (Å²) in [4.78, 5) is 4.51. The highest BCUT2D eigenvalue weighted by atomic mass is 32.1. The average molecular weight is 271 g/mol. The van der Waals surface area contributed by atoms with Crippen LogP contribution in [0.4, 0.5) is 0 Å². The molecule has 0 fully saturated rings. The Morgan fingerprint density at radius 1 is 1.44 bits per heavy atom. The van der Waals surface area contributed by atoms with Crippen LogP contribution in [0.2, 0.25) is 0 Å². The van der Waals surface area contributed by atoms with Gasteiger partial charge >= 0.3 is 0 Å². The number of rotatable bonds is 8. The first-order chi connectivity index (χ1) is 8.61. The average Bonchev–Trinajstić information content (AvgIpc) is 2.79. The summed E-state index contributed by atoms with van der Waals surface area (Å²) in [6, 6.07) is 0.0954. The number of thiazole rings is 1. The Morgan fingerprint density at radius 3 is 2.50 bits per heavy atom. The molecule has 0 aromatic carbocycles. The molecule has 18 heavy (non-hydrogen) atoms. The Labute approximate surface area is 114 Å². The molecule has 1 rings (SSSR count). The van der Waals surface area contributed by atoms with Gasteiger partial charge in [-0.25, -0.2) is 4.98 Å². The number of nitrogens with one attached hydrogen (secondary N) is 1. The summed E-state index contributed by atoms with van der Waals surface area (Å²) in [5.74, 6) is 5.74. The van der Waals surface area contributed by atoms with Crippen LogP contribution in [0.15, 0.2) is 5.38 Å². The van der Waals surface area contributed by atoms with Gasteiger partial charge in [-0.05, 0) is 26.7 Å². The maximum atomic E-state index is 5.99. The number of hydrogen-bond acceptors (Lipinski definition) is 5. The molecule has 4 nitrogen and oxygen atoms in total. The zero-order chi connectivity index (χ0) is 13.6. The standard InChI is InChI=1S/C13H25N3OS/c1-5-13(6-2,17-7-3)11(16-14)8-12-15-10(4)9-18-12/h9,11,16H,5-8,14H2,1-4H3. The molecule has 0 aliphatic heterocycles. The summed E-state index contributed by atoms with van der Waals surface area (Å²) in [6.45, 7) is 9.05. The van der Waals surface area contributed by atoms with E-state index >= 15 is 0 Å². The molecule has 3 N–H and O–H groups in total. The van der Waals surface area contributed by atoms with Crippen molar-refractivity contribution in [3.05, 3.63) is 16.1 Å². The van der Waals surface area contributed by atoms with Crippen LogP contribution < -0.4 is 11.3 Å². The number of ether oxygens (including phenoxy) is 1. The molecule has 1 aromatic rings. The van der Waals surface area contributed by atoms with E-state index in [2.05, 4.69) is 29.6 Å². The zero-order valence-corrected chi connectivity index (χ0v) is 12.6. The maximum Gasteiger partial charge on any atom is 0.0945 e. The van der Waals surface area contributed by atoms with Gasteiger partial charge in [-0.15, -0.1) is 11.3 Å². The number of nitrogens with zero attached hydrogens (tertiary/aromatic N) is 1. The molecule has 1 unspecified atom stereocenters. The second kappa shape index (κ2) is 7.19. The van der Waals surface area contributed by atoms with E-state index in [1.54, 1.807) is 11.3 Å². The molecule has 0 aliphatic rings. The first-order valence-corrected chi connectivity index (χ1v) is 7.50. The van der Waals surface area contributed by atoms with E-state index in [1.165, 1.54) is 0 Å². The predicted octanol–water partition coefficient (Wildman–Crippen LogP) is 2.42. The molecule has 0 amide bonds. The van der Waals surface area contributed by atoms with Crippen LogP contribution in [-0.2, 0) is 11.2 Å². The van der Waals surface area contributed by atoms with E-state index in [0.717, 1.165) is 30.0 Å². The number of aromatic nitrogens is 1. The quantitative estimate of drug-likeness (QED) is 0.563. The molecular formula is C13H25N3OS. The van der Waals surface area contributed by atoms with Crippen LogP contribution in [-0.4, -0.2) is 23.2 Å². The highest BCUT2D eigenvalue weighted by molar-refractivity contribution is 7.09. The molecule has 1 atom stereocenters. The van der Waals surface area contributed by atoms with Crippen LogP contribution in [0.25, 0.3) is 0 Å². The van der Waals surface area contributed by atoms with Crippen LogP contribution in [0.3, 0.4) is 0 Å². The Hall–Kier alpha value is -0.490. The monoisotopic (exact) mass is 271 g/mol. The van der Waals surface area contributed by atoms with Crippen molar-refractivity contribution >= 4 is 11.3 Å². The Bertz CT molecular complexity index is 350. The molecule has 0 aliphatic carbocycles. The van der Waals surface area contributed by atoms with Crippen molar-refractivity contribution in [2.24, 2.45) is 5.84 Å². The zero-order valence-electron chi connectivity index (χ0n) is 11.8. The summed E-state index contributed by atoms with van der Waals surface area (Å²) >= 11 is 1.69. The van der Waals surface area contributed by atoms with Gasteiger partial charge in [-0.3, -0.25) is 11.3 Å². The second-order valence-electron chi connectivity index (χ2n) is 4.51. The fourth-order valence-electron chi connectivity index (χ4n) is 2.40. The third-order valence-electron chi connectivity index (χ3n) is 3.51. The summed E-state index contributed by atoms with van der Waals surface area (Å²) in [5.41, 5.74) is 3.79. The smallest absolute Gasteiger partial charge is 0.0945 e. The van der Waals surface area contributed by atoms with Gasteiger partial charge in [-0.1, -0.05) is 13.8 Å². The topological polar surface area (TPSA) is 60.2 Å². The molecule has 0 spiro atoms. The fraction of sp³-hybridized carbons (Fsp3) is 0.769. The SMILES string of the molecule is CCOC(CC)(CC)C(Cc1nc(C)cs1)NN. The van der Waals surface area contributed by atoms with Gasteiger partial charge in [0.05, 0.1) is 16.7 Å². The highest BCUT2D eigenvalue weighted by Crippen LogP contribution is 2.27. The predicted molar refractivity (Wildman–Crippen MR) is 76.6 cm³/mol. The van der Waals surface area contributed by atoms with Crippen molar-refractivity contribution in [1.29, 1.82) is 0 Å². The first-order valence-electron chi connectivity index (χ1n) is 6.62. The molecule has 5 heteroatoms. The Morgan fingerprint density at radius 2 is 2.11 bits per heavy atom. The Kier molecular flexibility index (Phi) is 6.21. The normalized spacial score (nSPS) is 13.8. The summed E-state index contributed by atoms with van der Waals surface area (Å²) in [7, 11) is 0. The minimum Gasteiger partial charge on any atom is -0.374 e. The van der Waals surface area contributed by atoms with Crippen molar-refractivity contribution in [3.63, 3.8) is 0 Å². The van der Waals surface area contributed by atoms with Crippen molar-refractivity contribution in [3.8, 4) is 0 Å². The fourth-order valence-corrected chi connectivity index (χ4v) is 3.22. The number of aryl methyl sites for hydroxylation is 1. The van der Waals surface area contributed by atoms with Gasteiger partial charge in [0.2, 0.25) is 0 Å². The van der Waals surface area contributed by atoms with Crippen LogP contribution in [0.5, 0.6) is 0 Å². The van der Waals surface area contributed by atoms with Gasteiger partial charge in [0.15, 0.2) is 0 Å². The van der Waals surface area contributed by atoms with Gasteiger partial charge in [0.1, 0.15) is 0 Å². The number of hydrazine groups is 1. The maximum absolute atomic E-state index is 5.99. The van der Waals surface area contributed by atoms with Gasteiger partial charge in [0.25, 0.3) is 0 Å². The lowest BCUT2D eigenvalue weighted by molar-refractivity contribution is -0.0719. The summed E-state index contributed by atoms with van der Waals surface area (Å²) in [5, 5.41) is 3.19. The molecule has 104 valence electrons.